The molecule has 0 aliphatic carbocycles. The summed E-state index contributed by atoms with van der Waals surface area (Å²) < 4.78 is 33.8. The van der Waals surface area contributed by atoms with Gasteiger partial charge in [0.1, 0.15) is 24.1 Å². The van der Waals surface area contributed by atoms with Crippen LogP contribution in [0.2, 0.25) is 5.02 Å². The number of hydrogen-bond acceptors (Lipinski definition) is 5. The van der Waals surface area contributed by atoms with E-state index in [9.17, 15) is 23.5 Å². The largest absolute Gasteiger partial charge is 0.471 e. The minimum Gasteiger partial charge on any atom is -0.471 e. The van der Waals surface area contributed by atoms with Gasteiger partial charge in [-0.3, -0.25) is 14.2 Å². The molecule has 1 aromatic carbocycles. The molecule has 1 unspecified atom stereocenters. The quantitative estimate of drug-likeness (QED) is 0.571. The second-order valence-corrected chi connectivity index (χ2v) is 7.83. The van der Waals surface area contributed by atoms with Crippen LogP contribution in [0.15, 0.2) is 23.0 Å². The summed E-state index contributed by atoms with van der Waals surface area (Å²) >= 11 is 6.14. The van der Waals surface area contributed by atoms with E-state index in [1.54, 1.807) is 20.8 Å². The lowest BCUT2D eigenvalue weighted by molar-refractivity contribution is -0.121. The lowest BCUT2D eigenvalue weighted by Crippen LogP contribution is -2.31. The Labute approximate surface area is 184 Å². The van der Waals surface area contributed by atoms with Crippen molar-refractivity contribution < 1.29 is 23.4 Å². The third kappa shape index (κ3) is 7.00. The molecular weight excluding hydrogens is 432 g/mol. The van der Waals surface area contributed by atoms with Crippen molar-refractivity contribution in [1.82, 2.24) is 14.9 Å². The van der Waals surface area contributed by atoms with Crippen LogP contribution in [0.25, 0.3) is 0 Å². The lowest BCUT2D eigenvalue weighted by Gasteiger charge is -2.18. The van der Waals surface area contributed by atoms with E-state index in [0.29, 0.717) is 18.7 Å². The van der Waals surface area contributed by atoms with Crippen LogP contribution in [-0.4, -0.2) is 33.2 Å². The number of aryl methyl sites for hydroxylation is 1. The molecule has 170 valence electrons. The van der Waals surface area contributed by atoms with Gasteiger partial charge < -0.3 is 15.2 Å². The van der Waals surface area contributed by atoms with Crippen LogP contribution in [0.4, 0.5) is 8.78 Å². The van der Waals surface area contributed by atoms with Gasteiger partial charge in [-0.15, -0.1) is 0 Å². The number of ether oxygens (including phenoxy) is 1. The maximum absolute atomic E-state index is 13.8. The van der Waals surface area contributed by atoms with Crippen molar-refractivity contribution in [2.24, 2.45) is 0 Å². The van der Waals surface area contributed by atoms with E-state index in [1.165, 1.54) is 10.6 Å². The Morgan fingerprint density at radius 2 is 2.03 bits per heavy atom. The average molecular weight is 458 g/mol. The molecule has 1 amide bonds. The van der Waals surface area contributed by atoms with Crippen LogP contribution in [-0.2, 0) is 17.8 Å². The minimum absolute atomic E-state index is 0.0867. The molecule has 7 nitrogen and oxygen atoms in total. The van der Waals surface area contributed by atoms with Crippen LogP contribution in [0.1, 0.15) is 51.0 Å². The molecule has 0 aliphatic heterocycles. The third-order valence-corrected chi connectivity index (χ3v) is 4.72. The Kier molecular flexibility index (Phi) is 8.94. The molecular formula is C21H26ClF2N3O4. The monoisotopic (exact) mass is 457 g/mol. The molecule has 0 fully saturated rings. The van der Waals surface area contributed by atoms with Gasteiger partial charge >= 0.3 is 0 Å². The van der Waals surface area contributed by atoms with Gasteiger partial charge in [0.2, 0.25) is 11.8 Å². The first-order valence-electron chi connectivity index (χ1n) is 9.92. The van der Waals surface area contributed by atoms with E-state index in [1.807, 2.05) is 0 Å². The molecule has 1 heterocycles. The maximum atomic E-state index is 13.8. The normalized spacial score (nSPS) is 12.1. The van der Waals surface area contributed by atoms with Crippen LogP contribution >= 0.6 is 11.6 Å². The predicted molar refractivity (Wildman–Crippen MR) is 112 cm³/mol. The molecule has 0 aliphatic rings. The maximum Gasteiger partial charge on any atom is 0.276 e. The number of hydrogen-bond donors (Lipinski definition) is 2. The summed E-state index contributed by atoms with van der Waals surface area (Å²) in [6.07, 6.45) is 0.242. The number of carbonyl (C=O) groups excluding carboxylic acids is 1. The van der Waals surface area contributed by atoms with Crippen molar-refractivity contribution in [3.05, 3.63) is 56.6 Å². The Morgan fingerprint density at radius 3 is 2.65 bits per heavy atom. The molecule has 2 aromatic rings. The van der Waals surface area contributed by atoms with Crippen molar-refractivity contribution >= 4 is 17.5 Å². The zero-order valence-corrected chi connectivity index (χ0v) is 18.4. The Hall–Kier alpha value is -2.52. The van der Waals surface area contributed by atoms with Crippen molar-refractivity contribution in [1.29, 1.82) is 0 Å². The molecule has 2 rings (SSSR count). The molecule has 31 heavy (non-hydrogen) atoms. The first-order chi connectivity index (χ1) is 14.6. The SMILES string of the molecule is CC(O)CNC(=O)CCCc1nc(OCc2ccc(F)cc2F)c(Cl)c(=O)n1C(C)C. The highest BCUT2D eigenvalue weighted by Gasteiger charge is 2.19. The summed E-state index contributed by atoms with van der Waals surface area (Å²) in [6, 6.07) is 2.83. The second-order valence-electron chi connectivity index (χ2n) is 7.45. The lowest BCUT2D eigenvalue weighted by atomic mass is 10.2. The third-order valence-electron chi connectivity index (χ3n) is 4.40. The minimum atomic E-state index is -0.782. The topological polar surface area (TPSA) is 93.5 Å². The van der Waals surface area contributed by atoms with Gasteiger partial charge in [-0.2, -0.15) is 4.98 Å². The van der Waals surface area contributed by atoms with Gasteiger partial charge in [0.15, 0.2) is 5.02 Å². The van der Waals surface area contributed by atoms with E-state index in [-0.39, 0.29) is 48.0 Å². The molecule has 0 saturated heterocycles. The van der Waals surface area contributed by atoms with E-state index < -0.39 is 23.3 Å². The first-order valence-corrected chi connectivity index (χ1v) is 10.3. The average Bonchev–Trinajstić information content (AvgIpc) is 2.68. The molecule has 0 spiro atoms. The van der Waals surface area contributed by atoms with Crippen LogP contribution in [0, 0.1) is 11.6 Å². The number of carbonyl (C=O) groups is 1. The highest BCUT2D eigenvalue weighted by atomic mass is 35.5. The highest BCUT2D eigenvalue weighted by Crippen LogP contribution is 2.22. The van der Waals surface area contributed by atoms with Gasteiger partial charge in [-0.05, 0) is 39.3 Å². The molecule has 0 bridgehead atoms. The van der Waals surface area contributed by atoms with E-state index >= 15 is 0 Å². The number of nitrogens with one attached hydrogen (secondary N) is 1. The number of amides is 1. The zero-order chi connectivity index (χ0) is 23.1. The van der Waals surface area contributed by atoms with E-state index in [4.69, 9.17) is 16.3 Å². The van der Waals surface area contributed by atoms with Gasteiger partial charge in [-0.25, -0.2) is 8.78 Å². The Morgan fingerprint density at radius 1 is 1.32 bits per heavy atom. The number of aromatic nitrogens is 2. The first kappa shape index (κ1) is 24.7. The fourth-order valence-electron chi connectivity index (χ4n) is 2.88. The zero-order valence-electron chi connectivity index (χ0n) is 17.6. The molecule has 1 aromatic heterocycles. The van der Waals surface area contributed by atoms with Crippen LogP contribution in [0.3, 0.4) is 0 Å². The standard InChI is InChI=1S/C21H26ClF2N3O4/c1-12(2)27-17(5-4-6-18(29)25-10-13(3)28)26-20(19(22)21(27)30)31-11-14-7-8-15(23)9-16(14)24/h7-9,12-13,28H,4-6,10-11H2,1-3H3,(H,25,29). The number of rotatable bonds is 10. The Bertz CT molecular complexity index is 980. The van der Waals surface area contributed by atoms with Gasteiger partial charge in [0.05, 0.1) is 6.10 Å². The fraction of sp³-hybridized carbons (Fsp3) is 0.476. The van der Waals surface area contributed by atoms with Gasteiger partial charge in [0, 0.05) is 37.1 Å². The number of benzene rings is 1. The predicted octanol–water partition coefficient (Wildman–Crippen LogP) is 3.15. The molecule has 0 radical (unpaired) electrons. The smallest absolute Gasteiger partial charge is 0.276 e. The number of nitrogens with zero attached hydrogens (tertiary/aromatic N) is 2. The number of aliphatic hydroxyl groups is 1. The van der Waals surface area contributed by atoms with Crippen LogP contribution in [0.5, 0.6) is 5.88 Å². The molecule has 2 N–H and O–H groups in total. The highest BCUT2D eigenvalue weighted by molar-refractivity contribution is 6.31. The Balaban J connectivity index is 2.17. The summed E-state index contributed by atoms with van der Waals surface area (Å²) in [4.78, 5) is 28.9. The molecule has 0 saturated carbocycles. The van der Waals surface area contributed by atoms with Gasteiger partial charge in [-0.1, -0.05) is 11.6 Å². The second kappa shape index (κ2) is 11.2. The van der Waals surface area contributed by atoms with Crippen molar-refractivity contribution in [3.63, 3.8) is 0 Å². The summed E-state index contributed by atoms with van der Waals surface area (Å²) in [5.41, 5.74) is -0.418. The van der Waals surface area contributed by atoms with E-state index in [0.717, 1.165) is 12.1 Å². The number of aliphatic hydroxyl groups excluding tert-OH is 1. The van der Waals surface area contributed by atoms with E-state index in [2.05, 4.69) is 10.3 Å². The summed E-state index contributed by atoms with van der Waals surface area (Å²) in [7, 11) is 0. The van der Waals surface area contributed by atoms with Crippen molar-refractivity contribution in [3.8, 4) is 5.88 Å². The molecule has 1 atom stereocenters. The fourth-order valence-corrected chi connectivity index (χ4v) is 3.07. The summed E-state index contributed by atoms with van der Waals surface area (Å²) in [6.45, 7) is 5.04. The van der Waals surface area contributed by atoms with Crippen molar-refractivity contribution in [2.75, 3.05) is 6.54 Å². The van der Waals surface area contributed by atoms with Crippen molar-refractivity contribution in [2.45, 2.75) is 58.8 Å². The van der Waals surface area contributed by atoms with Crippen LogP contribution < -0.4 is 15.6 Å². The summed E-state index contributed by atoms with van der Waals surface area (Å²) in [5.74, 6) is -1.49. The van der Waals surface area contributed by atoms with Gasteiger partial charge in [0.25, 0.3) is 5.56 Å². The number of halogens is 3. The molecule has 10 heteroatoms. The summed E-state index contributed by atoms with van der Waals surface area (Å²) in [5, 5.41) is 11.6.